The topological polar surface area (TPSA) is 68.3 Å². The van der Waals surface area contributed by atoms with E-state index in [1.807, 2.05) is 0 Å². The van der Waals surface area contributed by atoms with E-state index in [0.29, 0.717) is 0 Å². The normalized spacial score (nSPS) is 17.0. The SMILES string of the molecule is CC(OC(=O)c1ccnc(Cl)c1)C(=O)NC1CCCCC1. The number of halogens is 1. The van der Waals surface area contributed by atoms with Crippen LogP contribution in [0.3, 0.4) is 0 Å². The minimum atomic E-state index is -0.827. The lowest BCUT2D eigenvalue weighted by Crippen LogP contribution is -2.42. The van der Waals surface area contributed by atoms with Crippen molar-refractivity contribution in [2.24, 2.45) is 0 Å². The molecule has 0 radical (unpaired) electrons. The molecule has 0 spiro atoms. The Labute approximate surface area is 129 Å². The quantitative estimate of drug-likeness (QED) is 0.686. The van der Waals surface area contributed by atoms with Gasteiger partial charge in [-0.2, -0.15) is 0 Å². The molecule has 1 aromatic heterocycles. The van der Waals surface area contributed by atoms with Crippen molar-refractivity contribution in [1.29, 1.82) is 0 Å². The molecular weight excluding hydrogens is 292 g/mol. The Morgan fingerprint density at radius 2 is 2.10 bits per heavy atom. The van der Waals surface area contributed by atoms with Crippen molar-refractivity contribution < 1.29 is 14.3 Å². The summed E-state index contributed by atoms with van der Waals surface area (Å²) in [6.45, 7) is 1.57. The molecule has 21 heavy (non-hydrogen) atoms. The van der Waals surface area contributed by atoms with Gasteiger partial charge in [-0.1, -0.05) is 30.9 Å². The number of nitrogens with zero attached hydrogens (tertiary/aromatic N) is 1. The van der Waals surface area contributed by atoms with E-state index in [2.05, 4.69) is 10.3 Å². The maximum atomic E-state index is 12.0. The highest BCUT2D eigenvalue weighted by molar-refractivity contribution is 6.29. The van der Waals surface area contributed by atoms with E-state index >= 15 is 0 Å². The maximum absolute atomic E-state index is 12.0. The van der Waals surface area contributed by atoms with E-state index in [0.717, 1.165) is 25.7 Å². The first kappa shape index (κ1) is 15.8. The molecule has 0 saturated heterocycles. The highest BCUT2D eigenvalue weighted by Crippen LogP contribution is 2.17. The monoisotopic (exact) mass is 310 g/mol. The summed E-state index contributed by atoms with van der Waals surface area (Å²) in [4.78, 5) is 27.7. The van der Waals surface area contributed by atoms with Gasteiger partial charge in [-0.15, -0.1) is 0 Å². The molecule has 1 saturated carbocycles. The van der Waals surface area contributed by atoms with Crippen molar-refractivity contribution in [1.82, 2.24) is 10.3 Å². The Bertz CT molecular complexity index is 515. The van der Waals surface area contributed by atoms with Gasteiger partial charge in [0, 0.05) is 12.2 Å². The van der Waals surface area contributed by atoms with E-state index in [1.54, 1.807) is 6.92 Å². The highest BCUT2D eigenvalue weighted by atomic mass is 35.5. The van der Waals surface area contributed by atoms with Gasteiger partial charge < -0.3 is 10.1 Å². The standard InChI is InChI=1S/C15H19ClN2O3/c1-10(14(19)18-12-5-3-2-4-6-12)21-15(20)11-7-8-17-13(16)9-11/h7-10,12H,2-6H2,1H3,(H,18,19). The Morgan fingerprint density at radius 1 is 1.38 bits per heavy atom. The summed E-state index contributed by atoms with van der Waals surface area (Å²) in [6, 6.07) is 3.11. The first-order valence-electron chi connectivity index (χ1n) is 7.19. The molecular formula is C15H19ClN2O3. The Hall–Kier alpha value is -1.62. The van der Waals surface area contributed by atoms with E-state index in [9.17, 15) is 9.59 Å². The minimum absolute atomic E-state index is 0.197. The molecule has 5 nitrogen and oxygen atoms in total. The predicted molar refractivity (Wildman–Crippen MR) is 79.1 cm³/mol. The third-order valence-electron chi connectivity index (χ3n) is 3.57. The lowest BCUT2D eigenvalue weighted by atomic mass is 9.95. The van der Waals surface area contributed by atoms with Gasteiger partial charge in [0.1, 0.15) is 5.15 Å². The average molecular weight is 311 g/mol. The number of amides is 1. The van der Waals surface area contributed by atoms with Crippen LogP contribution in [0.5, 0.6) is 0 Å². The number of hydrogen-bond donors (Lipinski definition) is 1. The van der Waals surface area contributed by atoms with E-state index in [1.165, 1.54) is 24.8 Å². The van der Waals surface area contributed by atoms with Crippen LogP contribution in [-0.2, 0) is 9.53 Å². The summed E-state index contributed by atoms with van der Waals surface area (Å²) in [6.07, 6.45) is 6.07. The molecule has 114 valence electrons. The fraction of sp³-hybridized carbons (Fsp3) is 0.533. The molecule has 1 aromatic rings. The smallest absolute Gasteiger partial charge is 0.339 e. The van der Waals surface area contributed by atoms with Gasteiger partial charge in [0.2, 0.25) is 0 Å². The number of hydrogen-bond acceptors (Lipinski definition) is 4. The molecule has 1 heterocycles. The molecule has 0 bridgehead atoms. The van der Waals surface area contributed by atoms with E-state index in [4.69, 9.17) is 16.3 Å². The average Bonchev–Trinajstić information content (AvgIpc) is 2.48. The summed E-state index contributed by atoms with van der Waals surface area (Å²) < 4.78 is 5.16. The van der Waals surface area contributed by atoms with Gasteiger partial charge in [-0.05, 0) is 31.9 Å². The van der Waals surface area contributed by atoms with Gasteiger partial charge in [0.15, 0.2) is 6.10 Å². The summed E-state index contributed by atoms with van der Waals surface area (Å²) >= 11 is 5.72. The molecule has 1 unspecified atom stereocenters. The fourth-order valence-electron chi connectivity index (χ4n) is 2.38. The van der Waals surface area contributed by atoms with Crippen LogP contribution in [0.1, 0.15) is 49.4 Å². The lowest BCUT2D eigenvalue weighted by molar-refractivity contribution is -0.130. The summed E-state index contributed by atoms with van der Waals surface area (Å²) in [5.74, 6) is -0.832. The van der Waals surface area contributed by atoms with Crippen LogP contribution < -0.4 is 5.32 Å². The Morgan fingerprint density at radius 3 is 2.76 bits per heavy atom. The van der Waals surface area contributed by atoms with Gasteiger partial charge >= 0.3 is 5.97 Å². The Kier molecular flexibility index (Phi) is 5.56. The van der Waals surface area contributed by atoms with Crippen molar-refractivity contribution in [2.75, 3.05) is 0 Å². The summed E-state index contributed by atoms with van der Waals surface area (Å²) in [5, 5.41) is 3.14. The van der Waals surface area contributed by atoms with E-state index < -0.39 is 12.1 Å². The lowest BCUT2D eigenvalue weighted by Gasteiger charge is -2.24. The van der Waals surface area contributed by atoms with Gasteiger partial charge in [0.25, 0.3) is 5.91 Å². The second-order valence-corrected chi connectivity index (χ2v) is 5.65. The molecule has 1 aliphatic carbocycles. The predicted octanol–water partition coefficient (Wildman–Crippen LogP) is 2.73. The van der Waals surface area contributed by atoms with Crippen LogP contribution in [0.25, 0.3) is 0 Å². The molecule has 0 aromatic carbocycles. The molecule has 6 heteroatoms. The molecule has 1 atom stereocenters. The largest absolute Gasteiger partial charge is 0.449 e. The summed E-state index contributed by atoms with van der Waals surface area (Å²) in [5.41, 5.74) is 0.285. The number of ether oxygens (including phenoxy) is 1. The van der Waals surface area contributed by atoms with Crippen LogP contribution in [0, 0.1) is 0 Å². The van der Waals surface area contributed by atoms with Crippen LogP contribution in [0.4, 0.5) is 0 Å². The second kappa shape index (κ2) is 7.41. The zero-order valence-electron chi connectivity index (χ0n) is 12.0. The van der Waals surface area contributed by atoms with Gasteiger partial charge in [-0.3, -0.25) is 4.79 Å². The van der Waals surface area contributed by atoms with Gasteiger partial charge in [0.05, 0.1) is 5.56 Å². The third kappa shape index (κ3) is 4.70. The first-order chi connectivity index (χ1) is 10.1. The number of esters is 1. The first-order valence-corrected chi connectivity index (χ1v) is 7.57. The maximum Gasteiger partial charge on any atom is 0.339 e. The minimum Gasteiger partial charge on any atom is -0.449 e. The summed E-state index contributed by atoms with van der Waals surface area (Å²) in [7, 11) is 0. The number of aromatic nitrogens is 1. The number of nitrogens with one attached hydrogen (secondary N) is 1. The molecule has 0 aliphatic heterocycles. The zero-order chi connectivity index (χ0) is 15.2. The number of pyridine rings is 1. The number of carbonyl (C=O) groups is 2. The Balaban J connectivity index is 1.86. The van der Waals surface area contributed by atoms with Crippen LogP contribution in [0.2, 0.25) is 5.15 Å². The molecule has 1 aliphatic rings. The molecule has 1 fully saturated rings. The number of carbonyl (C=O) groups excluding carboxylic acids is 2. The van der Waals surface area contributed by atoms with E-state index in [-0.39, 0.29) is 22.7 Å². The number of rotatable bonds is 4. The zero-order valence-corrected chi connectivity index (χ0v) is 12.7. The van der Waals surface area contributed by atoms with Crippen molar-refractivity contribution in [3.8, 4) is 0 Å². The van der Waals surface area contributed by atoms with Crippen molar-refractivity contribution in [2.45, 2.75) is 51.2 Å². The third-order valence-corrected chi connectivity index (χ3v) is 3.77. The van der Waals surface area contributed by atoms with Gasteiger partial charge in [-0.25, -0.2) is 9.78 Å². The molecule has 1 amide bonds. The second-order valence-electron chi connectivity index (χ2n) is 5.26. The molecule has 2 rings (SSSR count). The fourth-order valence-corrected chi connectivity index (χ4v) is 2.55. The van der Waals surface area contributed by atoms with Crippen molar-refractivity contribution in [3.63, 3.8) is 0 Å². The molecule has 1 N–H and O–H groups in total. The van der Waals surface area contributed by atoms with Crippen molar-refractivity contribution in [3.05, 3.63) is 29.0 Å². The van der Waals surface area contributed by atoms with Crippen LogP contribution in [0.15, 0.2) is 18.3 Å². The van der Waals surface area contributed by atoms with Crippen molar-refractivity contribution >= 4 is 23.5 Å². The van der Waals surface area contributed by atoms with Crippen LogP contribution in [-0.4, -0.2) is 29.0 Å². The highest BCUT2D eigenvalue weighted by Gasteiger charge is 2.22. The van der Waals surface area contributed by atoms with Crippen LogP contribution >= 0.6 is 11.6 Å².